The van der Waals surface area contributed by atoms with Gasteiger partial charge >= 0.3 is 0 Å². The van der Waals surface area contributed by atoms with Crippen molar-refractivity contribution >= 4 is 6.21 Å². The van der Waals surface area contributed by atoms with Crippen molar-refractivity contribution < 1.29 is 9.47 Å². The Hall–Kier alpha value is -1.75. The molecule has 0 fully saturated rings. The maximum Gasteiger partial charge on any atom is 0.145 e. The largest absolute Gasteiger partial charge is 0.498 e. The van der Waals surface area contributed by atoms with Crippen molar-refractivity contribution in [1.29, 1.82) is 0 Å². The minimum absolute atomic E-state index is 0.00362. The molecule has 3 rings (SSSR count). The smallest absolute Gasteiger partial charge is 0.145 e. The van der Waals surface area contributed by atoms with E-state index in [4.69, 9.17) is 9.47 Å². The van der Waals surface area contributed by atoms with Gasteiger partial charge < -0.3 is 19.7 Å². The van der Waals surface area contributed by atoms with Crippen LogP contribution in [0, 0.1) is 0 Å². The second-order valence-corrected chi connectivity index (χ2v) is 4.52. The molecule has 0 saturated carbocycles. The summed E-state index contributed by atoms with van der Waals surface area (Å²) in [5.74, 6) is 1.88. The van der Waals surface area contributed by atoms with Gasteiger partial charge in [-0.2, -0.15) is 0 Å². The third-order valence-corrected chi connectivity index (χ3v) is 3.52. The van der Waals surface area contributed by atoms with E-state index in [1.54, 1.807) is 14.2 Å². The quantitative estimate of drug-likeness (QED) is 0.790. The molecular formula is C13H17N3O2. The zero-order chi connectivity index (χ0) is 12.5. The Balaban J connectivity index is 1.89. The fraction of sp³-hybridized carbons (Fsp3) is 0.462. The van der Waals surface area contributed by atoms with Gasteiger partial charge in [0, 0.05) is 38.2 Å². The second kappa shape index (κ2) is 4.49. The Labute approximate surface area is 106 Å². The first-order valence-electron chi connectivity index (χ1n) is 6.06. The maximum atomic E-state index is 5.45. The van der Waals surface area contributed by atoms with Crippen LogP contribution in [-0.4, -0.2) is 44.5 Å². The second-order valence-electron chi connectivity index (χ2n) is 4.52. The summed E-state index contributed by atoms with van der Waals surface area (Å²) in [4.78, 5) is 6.57. The highest BCUT2D eigenvalue weighted by Crippen LogP contribution is 2.29. The molecule has 0 radical (unpaired) electrons. The lowest BCUT2D eigenvalue weighted by molar-refractivity contribution is 0.0758. The van der Waals surface area contributed by atoms with Gasteiger partial charge in [0.2, 0.25) is 0 Å². The van der Waals surface area contributed by atoms with Crippen LogP contribution in [0.4, 0.5) is 0 Å². The lowest BCUT2D eigenvalue weighted by atomic mass is 9.99. The van der Waals surface area contributed by atoms with Crippen LogP contribution in [0.2, 0.25) is 0 Å². The molecule has 1 aliphatic carbocycles. The molecule has 0 amide bonds. The van der Waals surface area contributed by atoms with Crippen LogP contribution < -0.4 is 5.32 Å². The van der Waals surface area contributed by atoms with Gasteiger partial charge in [-0.25, -0.2) is 4.99 Å². The normalized spacial score (nSPS) is 25.9. The monoisotopic (exact) mass is 247 g/mol. The average molecular weight is 247 g/mol. The standard InChI is InChI=1S/C13H17N3O2/c1-17-11-5-9-8-16-4-3-14-13(16)7-15-10(9)6-12(11)18-2/h3,5,7,12,15H,4,6,8H2,1-2H3. The highest BCUT2D eigenvalue weighted by Gasteiger charge is 2.27. The van der Waals surface area contributed by atoms with E-state index < -0.39 is 0 Å². The Morgan fingerprint density at radius 2 is 2.33 bits per heavy atom. The van der Waals surface area contributed by atoms with Gasteiger partial charge in [-0.3, -0.25) is 0 Å². The summed E-state index contributed by atoms with van der Waals surface area (Å²) in [5.41, 5.74) is 2.44. The Kier molecular flexibility index (Phi) is 2.83. The first kappa shape index (κ1) is 11.3. The minimum Gasteiger partial charge on any atom is -0.498 e. The van der Waals surface area contributed by atoms with Crippen molar-refractivity contribution in [2.24, 2.45) is 4.99 Å². The van der Waals surface area contributed by atoms with Crippen molar-refractivity contribution in [1.82, 2.24) is 10.2 Å². The number of hydrogen-bond donors (Lipinski definition) is 1. The zero-order valence-corrected chi connectivity index (χ0v) is 10.6. The number of rotatable bonds is 2. The van der Waals surface area contributed by atoms with Gasteiger partial charge in [0.25, 0.3) is 0 Å². The van der Waals surface area contributed by atoms with Crippen LogP contribution in [0.1, 0.15) is 6.42 Å². The number of hydrogen-bond acceptors (Lipinski definition) is 5. The Morgan fingerprint density at radius 3 is 3.11 bits per heavy atom. The number of fused-ring (bicyclic) bond motifs is 1. The molecule has 18 heavy (non-hydrogen) atoms. The highest BCUT2D eigenvalue weighted by atomic mass is 16.5. The van der Waals surface area contributed by atoms with Crippen molar-refractivity contribution in [3.63, 3.8) is 0 Å². The molecular weight excluding hydrogens is 230 g/mol. The van der Waals surface area contributed by atoms with E-state index in [0.717, 1.165) is 31.1 Å². The van der Waals surface area contributed by atoms with Crippen LogP contribution in [0.25, 0.3) is 0 Å². The van der Waals surface area contributed by atoms with E-state index in [9.17, 15) is 0 Å². The molecule has 96 valence electrons. The molecule has 5 heteroatoms. The summed E-state index contributed by atoms with van der Waals surface area (Å²) in [7, 11) is 3.40. The zero-order valence-electron chi connectivity index (χ0n) is 10.6. The summed E-state index contributed by atoms with van der Waals surface area (Å²) >= 11 is 0. The van der Waals surface area contributed by atoms with E-state index in [0.29, 0.717) is 0 Å². The van der Waals surface area contributed by atoms with Gasteiger partial charge in [-0.15, -0.1) is 0 Å². The molecule has 1 atom stereocenters. The van der Waals surface area contributed by atoms with Gasteiger partial charge in [0.1, 0.15) is 17.7 Å². The first-order chi connectivity index (χ1) is 8.81. The lowest BCUT2D eigenvalue weighted by Gasteiger charge is -2.26. The fourth-order valence-corrected chi connectivity index (χ4v) is 2.49. The number of nitrogens with zero attached hydrogens (tertiary/aromatic N) is 2. The lowest BCUT2D eigenvalue weighted by Crippen LogP contribution is -2.27. The number of nitrogens with one attached hydrogen (secondary N) is 1. The van der Waals surface area contributed by atoms with Gasteiger partial charge in [-0.1, -0.05) is 0 Å². The number of ether oxygens (including phenoxy) is 2. The number of aliphatic imine (C=N–C) groups is 1. The summed E-state index contributed by atoms with van der Waals surface area (Å²) in [6, 6.07) is 0. The van der Waals surface area contributed by atoms with E-state index in [2.05, 4.69) is 21.3 Å². The first-order valence-corrected chi connectivity index (χ1v) is 6.06. The van der Waals surface area contributed by atoms with Crippen LogP contribution >= 0.6 is 0 Å². The van der Waals surface area contributed by atoms with Crippen molar-refractivity contribution in [2.45, 2.75) is 12.5 Å². The third-order valence-electron chi connectivity index (χ3n) is 3.52. The molecule has 2 aliphatic heterocycles. The van der Waals surface area contributed by atoms with Gasteiger partial charge in [0.15, 0.2) is 0 Å². The molecule has 0 aromatic carbocycles. The van der Waals surface area contributed by atoms with E-state index in [1.807, 2.05) is 12.4 Å². The van der Waals surface area contributed by atoms with E-state index >= 15 is 0 Å². The molecule has 0 spiro atoms. The summed E-state index contributed by atoms with van der Waals surface area (Å²) < 4.78 is 10.9. The number of methoxy groups -OCH3 is 2. The fourth-order valence-electron chi connectivity index (χ4n) is 2.49. The molecule has 0 aromatic heterocycles. The van der Waals surface area contributed by atoms with Crippen LogP contribution in [0.5, 0.6) is 0 Å². The van der Waals surface area contributed by atoms with Crippen LogP contribution in [0.3, 0.4) is 0 Å². The molecule has 5 nitrogen and oxygen atoms in total. The van der Waals surface area contributed by atoms with Crippen LogP contribution in [-0.2, 0) is 9.47 Å². The summed E-state index contributed by atoms with van der Waals surface area (Å²) in [5, 5.41) is 3.35. The Bertz CT molecular complexity index is 477. The van der Waals surface area contributed by atoms with Crippen molar-refractivity contribution in [2.75, 3.05) is 27.3 Å². The molecule has 0 saturated heterocycles. The molecule has 2 heterocycles. The third kappa shape index (κ3) is 1.80. The molecule has 0 bridgehead atoms. The maximum absolute atomic E-state index is 5.45. The summed E-state index contributed by atoms with van der Waals surface area (Å²) in [6.07, 6.45) is 6.78. The predicted molar refractivity (Wildman–Crippen MR) is 68.8 cm³/mol. The minimum atomic E-state index is -0.00362. The SMILES string of the molecule is COC1=CC2=C(CC1OC)NC=C1N=CCN1C2. The van der Waals surface area contributed by atoms with E-state index in [1.165, 1.54) is 11.3 Å². The van der Waals surface area contributed by atoms with Crippen LogP contribution in [0.15, 0.2) is 40.1 Å². The Morgan fingerprint density at radius 1 is 1.44 bits per heavy atom. The molecule has 3 aliphatic rings. The highest BCUT2D eigenvalue weighted by molar-refractivity contribution is 5.65. The van der Waals surface area contributed by atoms with Gasteiger partial charge in [0.05, 0.1) is 13.7 Å². The van der Waals surface area contributed by atoms with Gasteiger partial charge in [-0.05, 0) is 11.6 Å². The molecule has 0 aromatic rings. The topological polar surface area (TPSA) is 46.1 Å². The molecule has 1 N–H and O–H groups in total. The van der Waals surface area contributed by atoms with Crippen molar-refractivity contribution in [3.05, 3.63) is 35.1 Å². The van der Waals surface area contributed by atoms with E-state index in [-0.39, 0.29) is 6.10 Å². The summed E-state index contributed by atoms with van der Waals surface area (Å²) in [6.45, 7) is 1.73. The predicted octanol–water partition coefficient (Wildman–Crippen LogP) is 0.978. The average Bonchev–Trinajstić information content (AvgIpc) is 2.77. The molecule has 1 unspecified atom stereocenters. The van der Waals surface area contributed by atoms with Crippen molar-refractivity contribution in [3.8, 4) is 0 Å².